The molecule has 3 rings (SSSR count). The molecule has 104 valence electrons. The van der Waals surface area contributed by atoms with Gasteiger partial charge in [-0.15, -0.1) is 0 Å². The zero-order valence-corrected chi connectivity index (χ0v) is 11.6. The fourth-order valence-corrected chi connectivity index (χ4v) is 3.97. The molecule has 3 saturated heterocycles. The first-order valence-electron chi connectivity index (χ1n) is 7.29. The van der Waals surface area contributed by atoms with Gasteiger partial charge < -0.3 is 14.6 Å². The van der Waals surface area contributed by atoms with Crippen LogP contribution < -0.4 is 0 Å². The number of ether oxygens (including phenoxy) is 2. The van der Waals surface area contributed by atoms with Gasteiger partial charge in [0, 0.05) is 6.54 Å². The number of aliphatic hydroxyl groups excluding tert-OH is 1. The van der Waals surface area contributed by atoms with Gasteiger partial charge in [-0.05, 0) is 39.2 Å². The Morgan fingerprint density at radius 2 is 2.11 bits per heavy atom. The fraction of sp³-hybridized carbons (Fsp3) is 1.00. The van der Waals surface area contributed by atoms with Gasteiger partial charge in [0.15, 0.2) is 5.79 Å². The van der Waals surface area contributed by atoms with Gasteiger partial charge in [0.2, 0.25) is 0 Å². The van der Waals surface area contributed by atoms with Gasteiger partial charge in [-0.3, -0.25) is 4.90 Å². The largest absolute Gasteiger partial charge is 0.391 e. The van der Waals surface area contributed by atoms with Crippen LogP contribution in [0.1, 0.15) is 40.0 Å². The van der Waals surface area contributed by atoms with Crippen molar-refractivity contribution in [3.63, 3.8) is 0 Å². The first-order chi connectivity index (χ1) is 8.52. The Morgan fingerprint density at radius 1 is 1.33 bits per heavy atom. The van der Waals surface area contributed by atoms with Crippen LogP contribution in [0, 0.1) is 5.92 Å². The van der Waals surface area contributed by atoms with E-state index >= 15 is 0 Å². The second kappa shape index (κ2) is 4.44. The maximum absolute atomic E-state index is 10.6. The molecule has 0 bridgehead atoms. The highest BCUT2D eigenvalue weighted by Gasteiger charge is 2.56. The summed E-state index contributed by atoms with van der Waals surface area (Å²) in [6, 6.07) is 0.141. The molecule has 0 aromatic carbocycles. The van der Waals surface area contributed by atoms with Gasteiger partial charge in [-0.1, -0.05) is 13.3 Å². The Hall–Kier alpha value is -0.160. The molecule has 1 N–H and O–H groups in total. The first kappa shape index (κ1) is 12.9. The van der Waals surface area contributed by atoms with E-state index in [9.17, 15) is 5.11 Å². The van der Waals surface area contributed by atoms with Crippen molar-refractivity contribution < 1.29 is 14.6 Å². The normalized spacial score (nSPS) is 47.0. The molecule has 0 radical (unpaired) electrons. The van der Waals surface area contributed by atoms with E-state index < -0.39 is 5.79 Å². The SMILES string of the molecule is CCC[C@H]1CCN2C[C@H]3OC(C)(C)O[C@H]3[C@@H]2[C@H]1O. The lowest BCUT2D eigenvalue weighted by molar-refractivity contribution is -0.173. The second-order valence-electron chi connectivity index (χ2n) is 6.45. The van der Waals surface area contributed by atoms with Crippen molar-refractivity contribution >= 4 is 0 Å². The zero-order chi connectivity index (χ0) is 12.9. The van der Waals surface area contributed by atoms with E-state index in [1.54, 1.807) is 0 Å². The van der Waals surface area contributed by atoms with Crippen LogP contribution in [-0.2, 0) is 9.47 Å². The summed E-state index contributed by atoms with van der Waals surface area (Å²) in [5, 5.41) is 10.6. The smallest absolute Gasteiger partial charge is 0.163 e. The second-order valence-corrected chi connectivity index (χ2v) is 6.45. The Bertz CT molecular complexity index is 320. The molecule has 18 heavy (non-hydrogen) atoms. The molecule has 4 nitrogen and oxygen atoms in total. The van der Waals surface area contributed by atoms with Crippen molar-refractivity contribution in [1.29, 1.82) is 0 Å². The van der Waals surface area contributed by atoms with Crippen molar-refractivity contribution in [2.75, 3.05) is 13.1 Å². The van der Waals surface area contributed by atoms with Crippen LogP contribution in [0.15, 0.2) is 0 Å². The van der Waals surface area contributed by atoms with E-state index in [1.807, 2.05) is 13.8 Å². The Morgan fingerprint density at radius 3 is 2.83 bits per heavy atom. The highest BCUT2D eigenvalue weighted by atomic mass is 16.8. The number of piperidine rings is 1. The fourth-order valence-electron chi connectivity index (χ4n) is 3.97. The lowest BCUT2D eigenvalue weighted by atomic mass is 9.84. The lowest BCUT2D eigenvalue weighted by Crippen LogP contribution is -2.53. The van der Waals surface area contributed by atoms with Crippen molar-refractivity contribution in [2.45, 2.75) is 70.2 Å². The topological polar surface area (TPSA) is 41.9 Å². The summed E-state index contributed by atoms with van der Waals surface area (Å²) in [4.78, 5) is 2.36. The molecule has 3 fully saturated rings. The van der Waals surface area contributed by atoms with E-state index in [4.69, 9.17) is 9.47 Å². The molecular formula is C14H25NO3. The van der Waals surface area contributed by atoms with Crippen LogP contribution in [-0.4, -0.2) is 53.2 Å². The van der Waals surface area contributed by atoms with Crippen molar-refractivity contribution in [1.82, 2.24) is 4.90 Å². The summed E-state index contributed by atoms with van der Waals surface area (Å²) in [6.07, 6.45) is 3.30. The minimum absolute atomic E-state index is 0.0506. The van der Waals surface area contributed by atoms with Crippen molar-refractivity contribution in [3.8, 4) is 0 Å². The maximum Gasteiger partial charge on any atom is 0.163 e. The Balaban J connectivity index is 1.75. The summed E-state index contributed by atoms with van der Waals surface area (Å²) < 4.78 is 11.9. The van der Waals surface area contributed by atoms with E-state index in [0.717, 1.165) is 32.4 Å². The van der Waals surface area contributed by atoms with Crippen LogP contribution in [0.25, 0.3) is 0 Å². The molecule has 0 aliphatic carbocycles. The van der Waals surface area contributed by atoms with Crippen LogP contribution in [0.2, 0.25) is 0 Å². The standard InChI is InChI=1S/C14H25NO3/c1-4-5-9-6-7-15-8-10-13(11(15)12(9)16)18-14(2,3)17-10/h9-13,16H,4-8H2,1-3H3/t9-,10+,11-,12-,13+/m0/s1. The average Bonchev–Trinajstić information content (AvgIpc) is 2.74. The number of nitrogens with zero attached hydrogens (tertiary/aromatic N) is 1. The summed E-state index contributed by atoms with van der Waals surface area (Å²) in [7, 11) is 0. The average molecular weight is 255 g/mol. The number of hydrogen-bond acceptors (Lipinski definition) is 4. The van der Waals surface area contributed by atoms with E-state index in [1.165, 1.54) is 0 Å². The maximum atomic E-state index is 10.6. The Labute approximate surface area is 109 Å². The summed E-state index contributed by atoms with van der Waals surface area (Å²) in [5.74, 6) is -0.0546. The van der Waals surface area contributed by atoms with Crippen molar-refractivity contribution in [3.05, 3.63) is 0 Å². The highest BCUT2D eigenvalue weighted by molar-refractivity contribution is 5.06. The van der Waals surface area contributed by atoms with Gasteiger partial charge in [0.25, 0.3) is 0 Å². The minimum atomic E-state index is -0.487. The van der Waals surface area contributed by atoms with Gasteiger partial charge in [-0.2, -0.15) is 0 Å². The summed E-state index contributed by atoms with van der Waals surface area (Å²) >= 11 is 0. The first-order valence-corrected chi connectivity index (χ1v) is 7.29. The van der Waals surface area contributed by atoms with Gasteiger partial charge >= 0.3 is 0 Å². The third-order valence-corrected chi connectivity index (χ3v) is 4.67. The van der Waals surface area contributed by atoms with Gasteiger partial charge in [-0.25, -0.2) is 0 Å². The molecule has 3 heterocycles. The van der Waals surface area contributed by atoms with E-state index in [2.05, 4.69) is 11.8 Å². The predicted octanol–water partition coefficient (Wildman–Crippen LogP) is 1.37. The zero-order valence-electron chi connectivity index (χ0n) is 11.6. The van der Waals surface area contributed by atoms with Crippen LogP contribution in [0.5, 0.6) is 0 Å². The number of hydrogen-bond donors (Lipinski definition) is 1. The third-order valence-electron chi connectivity index (χ3n) is 4.67. The van der Waals surface area contributed by atoms with Gasteiger partial charge in [0.1, 0.15) is 12.2 Å². The van der Waals surface area contributed by atoms with Crippen molar-refractivity contribution in [2.24, 2.45) is 5.92 Å². The molecule has 0 unspecified atom stereocenters. The summed E-state index contributed by atoms with van der Waals surface area (Å²) in [6.45, 7) is 8.11. The monoisotopic (exact) mass is 255 g/mol. The summed E-state index contributed by atoms with van der Waals surface area (Å²) in [5.41, 5.74) is 0. The molecule has 3 aliphatic rings. The molecule has 0 aromatic heterocycles. The van der Waals surface area contributed by atoms with E-state index in [-0.39, 0.29) is 24.4 Å². The van der Waals surface area contributed by atoms with Crippen LogP contribution >= 0.6 is 0 Å². The minimum Gasteiger partial charge on any atom is -0.391 e. The van der Waals surface area contributed by atoms with Crippen LogP contribution in [0.3, 0.4) is 0 Å². The number of aliphatic hydroxyl groups is 1. The van der Waals surface area contributed by atoms with Crippen LogP contribution in [0.4, 0.5) is 0 Å². The lowest BCUT2D eigenvalue weighted by Gasteiger charge is -2.41. The molecule has 0 saturated carbocycles. The highest BCUT2D eigenvalue weighted by Crippen LogP contribution is 2.42. The predicted molar refractivity (Wildman–Crippen MR) is 68.2 cm³/mol. The van der Waals surface area contributed by atoms with E-state index in [0.29, 0.717) is 5.92 Å². The molecule has 3 aliphatic heterocycles. The quantitative estimate of drug-likeness (QED) is 0.809. The molecule has 0 aromatic rings. The molecule has 5 atom stereocenters. The number of rotatable bonds is 2. The molecular weight excluding hydrogens is 230 g/mol. The molecule has 0 amide bonds. The van der Waals surface area contributed by atoms with Gasteiger partial charge in [0.05, 0.1) is 12.1 Å². The number of fused-ring (bicyclic) bond motifs is 3. The molecule has 0 spiro atoms. The molecule has 4 heteroatoms. The Kier molecular flexibility index (Phi) is 3.17. The third kappa shape index (κ3) is 1.99.